The highest BCUT2D eigenvalue weighted by atomic mass is 16.6. The smallest absolute Gasteiger partial charge is 0.313 e. The van der Waals surface area contributed by atoms with Crippen molar-refractivity contribution in [3.63, 3.8) is 0 Å². The molecule has 1 aromatic rings. The highest BCUT2D eigenvalue weighted by molar-refractivity contribution is 6.06. The summed E-state index contributed by atoms with van der Waals surface area (Å²) in [5.41, 5.74) is 0.302. The second-order valence-corrected chi connectivity index (χ2v) is 10.1. The third-order valence-corrected chi connectivity index (χ3v) is 8.03. The Morgan fingerprint density at radius 1 is 1.11 bits per heavy atom. The molecule has 1 aromatic carbocycles. The number of esters is 1. The second kappa shape index (κ2) is 8.31. The fourth-order valence-corrected chi connectivity index (χ4v) is 6.32. The fraction of sp³-hybridized carbons (Fsp3) is 0.519. The number of cyclic esters (lactones) is 1. The summed E-state index contributed by atoms with van der Waals surface area (Å²) in [4.78, 5) is 44.7. The number of aliphatic hydroxyl groups is 1. The van der Waals surface area contributed by atoms with Crippen LogP contribution in [0.1, 0.15) is 31.4 Å². The van der Waals surface area contributed by atoms with Crippen LogP contribution in [0.3, 0.4) is 0 Å². The minimum Gasteiger partial charge on any atom is -0.461 e. The lowest BCUT2D eigenvalue weighted by molar-refractivity contribution is -0.158. The molecule has 2 fully saturated rings. The quantitative estimate of drug-likeness (QED) is 0.524. The van der Waals surface area contributed by atoms with Gasteiger partial charge in [0, 0.05) is 12.2 Å². The number of fused-ring (bicyclic) bond motifs is 2. The van der Waals surface area contributed by atoms with Gasteiger partial charge in [-0.2, -0.15) is 0 Å². The van der Waals surface area contributed by atoms with Crippen molar-refractivity contribution in [2.24, 2.45) is 11.8 Å². The largest absolute Gasteiger partial charge is 0.461 e. The summed E-state index contributed by atoms with van der Waals surface area (Å²) in [6, 6.07) is 4.25. The molecule has 0 radical (unpaired) electrons. The Morgan fingerprint density at radius 3 is 2.60 bits per heavy atom. The Bertz CT molecular complexity index is 1140. The number of carbonyl (C=O) groups is 3. The van der Waals surface area contributed by atoms with Crippen molar-refractivity contribution in [1.82, 2.24) is 4.90 Å². The monoisotopic (exact) mass is 480 g/mol. The summed E-state index contributed by atoms with van der Waals surface area (Å²) in [5, 5.41) is 10.0. The van der Waals surface area contributed by atoms with Gasteiger partial charge in [0.15, 0.2) is 0 Å². The Hall–Kier alpha value is -2.97. The number of amides is 2. The topological polar surface area (TPSA) is 96.4 Å². The maximum Gasteiger partial charge on any atom is 0.313 e. The van der Waals surface area contributed by atoms with Crippen molar-refractivity contribution in [3.8, 4) is 0 Å². The Morgan fingerprint density at radius 2 is 1.89 bits per heavy atom. The zero-order valence-corrected chi connectivity index (χ0v) is 20.6. The van der Waals surface area contributed by atoms with Crippen molar-refractivity contribution in [2.45, 2.75) is 57.4 Å². The first-order valence-corrected chi connectivity index (χ1v) is 12.2. The maximum atomic E-state index is 14.3. The molecule has 186 valence electrons. The lowest BCUT2D eigenvalue weighted by Gasteiger charge is -2.40. The number of anilines is 1. The number of rotatable bonds is 4. The summed E-state index contributed by atoms with van der Waals surface area (Å²) in [5.74, 6) is -2.98. The van der Waals surface area contributed by atoms with Crippen molar-refractivity contribution in [1.29, 1.82) is 0 Å². The molecule has 6 atom stereocenters. The molecule has 4 heterocycles. The fourth-order valence-electron chi connectivity index (χ4n) is 6.32. The molecule has 1 spiro atoms. The first-order valence-electron chi connectivity index (χ1n) is 12.2. The lowest BCUT2D eigenvalue weighted by atomic mass is 9.73. The first-order chi connectivity index (χ1) is 16.7. The van der Waals surface area contributed by atoms with Crippen LogP contribution in [0, 0.1) is 25.7 Å². The number of aliphatic hydroxyl groups excluding tert-OH is 1. The molecule has 2 amide bonds. The van der Waals surface area contributed by atoms with E-state index in [1.54, 1.807) is 24.0 Å². The molecule has 4 aliphatic heterocycles. The molecular weight excluding hydrogens is 448 g/mol. The van der Waals surface area contributed by atoms with Crippen LogP contribution in [-0.2, 0) is 23.9 Å². The zero-order valence-electron chi connectivity index (χ0n) is 20.6. The summed E-state index contributed by atoms with van der Waals surface area (Å²) in [7, 11) is 0. The van der Waals surface area contributed by atoms with E-state index in [0.29, 0.717) is 13.0 Å². The van der Waals surface area contributed by atoms with Crippen LogP contribution >= 0.6 is 0 Å². The van der Waals surface area contributed by atoms with Crippen LogP contribution in [0.25, 0.3) is 0 Å². The Balaban J connectivity index is 1.70. The second-order valence-electron chi connectivity index (χ2n) is 10.1. The molecule has 4 aliphatic rings. The van der Waals surface area contributed by atoms with Gasteiger partial charge in [-0.1, -0.05) is 37.3 Å². The molecule has 2 saturated heterocycles. The van der Waals surface area contributed by atoms with E-state index >= 15 is 0 Å². The number of carbonyl (C=O) groups excluding carboxylic acids is 3. The molecule has 0 aromatic heterocycles. The summed E-state index contributed by atoms with van der Waals surface area (Å²) in [6.45, 7) is 7.62. The van der Waals surface area contributed by atoms with E-state index in [9.17, 15) is 19.5 Å². The number of aryl methyl sites for hydroxylation is 2. The van der Waals surface area contributed by atoms with Crippen molar-refractivity contribution in [2.75, 3.05) is 24.7 Å². The van der Waals surface area contributed by atoms with E-state index in [1.165, 1.54) is 4.90 Å². The predicted octanol–water partition coefficient (Wildman–Crippen LogP) is 2.06. The van der Waals surface area contributed by atoms with Gasteiger partial charge in [0.1, 0.15) is 29.8 Å². The summed E-state index contributed by atoms with van der Waals surface area (Å²) < 4.78 is 12.2. The van der Waals surface area contributed by atoms with Gasteiger partial charge in [-0.05, 0) is 50.5 Å². The molecule has 0 aliphatic carbocycles. The van der Waals surface area contributed by atoms with E-state index in [1.807, 2.05) is 51.1 Å². The molecule has 0 bridgehead atoms. The van der Waals surface area contributed by atoms with Gasteiger partial charge in [0.05, 0.1) is 18.6 Å². The molecule has 1 N–H and O–H groups in total. The van der Waals surface area contributed by atoms with Gasteiger partial charge in [0.25, 0.3) is 5.91 Å². The average Bonchev–Trinajstić information content (AvgIpc) is 3.13. The zero-order chi connectivity index (χ0) is 25.1. The molecule has 35 heavy (non-hydrogen) atoms. The number of benzene rings is 1. The van der Waals surface area contributed by atoms with E-state index in [-0.39, 0.29) is 25.0 Å². The molecule has 5 rings (SSSR count). The lowest BCUT2D eigenvalue weighted by Crippen LogP contribution is -2.58. The Labute approximate surface area is 205 Å². The third kappa shape index (κ3) is 3.23. The first kappa shape index (κ1) is 23.8. The van der Waals surface area contributed by atoms with Crippen LogP contribution in [0.2, 0.25) is 0 Å². The van der Waals surface area contributed by atoms with Gasteiger partial charge in [-0.25, -0.2) is 0 Å². The van der Waals surface area contributed by atoms with Gasteiger partial charge in [-0.15, -0.1) is 0 Å². The van der Waals surface area contributed by atoms with Crippen LogP contribution < -0.4 is 4.90 Å². The maximum absolute atomic E-state index is 14.3. The third-order valence-electron chi connectivity index (χ3n) is 8.03. The van der Waals surface area contributed by atoms with Crippen molar-refractivity contribution in [3.05, 3.63) is 53.6 Å². The summed E-state index contributed by atoms with van der Waals surface area (Å²) >= 11 is 0. The number of likely N-dealkylation sites (tertiary alicyclic amines) is 1. The van der Waals surface area contributed by atoms with Crippen molar-refractivity contribution < 1.29 is 29.0 Å². The minimum absolute atomic E-state index is 0.115. The number of hydrogen-bond donors (Lipinski definition) is 1. The minimum atomic E-state index is -1.36. The van der Waals surface area contributed by atoms with Crippen LogP contribution in [0.15, 0.2) is 42.5 Å². The van der Waals surface area contributed by atoms with E-state index in [2.05, 4.69) is 0 Å². The number of nitrogens with zero attached hydrogens (tertiary/aromatic N) is 2. The standard InChI is InChI=1S/C27H32N2O6/c1-5-26-10-7-13-34-25(33)21(26)20-23(31)29(18(4)15-30)22-24(32)28(12-6-11-27(20,22)35-26)19-14-16(2)8-9-17(19)3/h6-11,14,18,20-22,30H,5,12-13,15H2,1-4H3/t18-,20+,21+,22?,26-,27+/m1/s1. The highest BCUT2D eigenvalue weighted by Gasteiger charge is 2.75. The van der Waals surface area contributed by atoms with E-state index < -0.39 is 41.1 Å². The Kier molecular flexibility index (Phi) is 5.64. The SMILES string of the molecule is CC[C@@]12C=CCOC(=O)[C@@H]1[C@H]1C(=O)N([C@H](C)CO)C3C(=O)N(c4cc(C)ccc4C)CC=C[C@@]31O2. The van der Waals surface area contributed by atoms with Gasteiger partial charge >= 0.3 is 5.97 Å². The molecule has 8 heteroatoms. The highest BCUT2D eigenvalue weighted by Crippen LogP contribution is 2.58. The average molecular weight is 481 g/mol. The number of hydrogen-bond acceptors (Lipinski definition) is 6. The van der Waals surface area contributed by atoms with Crippen molar-refractivity contribution >= 4 is 23.5 Å². The van der Waals surface area contributed by atoms with Gasteiger partial charge < -0.3 is 24.4 Å². The molecule has 8 nitrogen and oxygen atoms in total. The summed E-state index contributed by atoms with van der Waals surface area (Å²) in [6.07, 6.45) is 7.68. The van der Waals surface area contributed by atoms with Crippen LogP contribution in [0.4, 0.5) is 5.69 Å². The van der Waals surface area contributed by atoms with E-state index in [0.717, 1.165) is 16.8 Å². The molecule has 1 unspecified atom stereocenters. The molecule has 0 saturated carbocycles. The normalized spacial score (nSPS) is 34.8. The van der Waals surface area contributed by atoms with Gasteiger partial charge in [0.2, 0.25) is 5.91 Å². The predicted molar refractivity (Wildman–Crippen MR) is 129 cm³/mol. The van der Waals surface area contributed by atoms with E-state index in [4.69, 9.17) is 9.47 Å². The number of ether oxygens (including phenoxy) is 2. The molecular formula is C27H32N2O6. The van der Waals surface area contributed by atoms with Crippen LogP contribution in [0.5, 0.6) is 0 Å². The van der Waals surface area contributed by atoms with Crippen LogP contribution in [-0.4, -0.2) is 70.8 Å². The van der Waals surface area contributed by atoms with Gasteiger partial charge in [-0.3, -0.25) is 14.4 Å².